The highest BCUT2D eigenvalue weighted by Gasteiger charge is 2.15. The van der Waals surface area contributed by atoms with Crippen molar-refractivity contribution in [2.45, 2.75) is 0 Å². The van der Waals surface area contributed by atoms with Crippen molar-refractivity contribution in [1.82, 2.24) is 0 Å². The SMILES string of the molecule is N#Cc1cc(Oc2cc(F)cc(F)c2)ccc1N.N#Cc1cc(Oc2cc(F)cc(F)c2)ccc1[N+](=O)[O-]. The predicted octanol–water partition coefficient (Wildman–Crippen LogP) is 6.75. The molecule has 0 bridgehead atoms. The molecule has 0 radical (unpaired) electrons. The van der Waals surface area contributed by atoms with Crippen LogP contribution in [-0.2, 0) is 0 Å². The fourth-order valence-corrected chi connectivity index (χ4v) is 2.97. The van der Waals surface area contributed by atoms with E-state index in [0.29, 0.717) is 11.8 Å². The minimum absolute atomic E-state index is 0.0150. The number of anilines is 1. The van der Waals surface area contributed by atoms with Crippen LogP contribution in [0.1, 0.15) is 11.1 Å². The smallest absolute Gasteiger partial charge is 0.287 e. The number of ether oxygens (including phenoxy) is 2. The maximum absolute atomic E-state index is 13.0. The molecule has 0 aliphatic rings. The van der Waals surface area contributed by atoms with Gasteiger partial charge in [-0.1, -0.05) is 0 Å². The zero-order valence-electron chi connectivity index (χ0n) is 19.0. The summed E-state index contributed by atoms with van der Waals surface area (Å²) in [6.07, 6.45) is 0. The van der Waals surface area contributed by atoms with Gasteiger partial charge in [-0.3, -0.25) is 10.1 Å². The second-order valence-electron chi connectivity index (χ2n) is 7.32. The van der Waals surface area contributed by atoms with Gasteiger partial charge in [0.05, 0.1) is 10.5 Å². The first kappa shape index (κ1) is 27.0. The average molecular weight is 522 g/mol. The van der Waals surface area contributed by atoms with E-state index in [2.05, 4.69) is 0 Å². The van der Waals surface area contributed by atoms with Crippen LogP contribution in [0, 0.1) is 56.0 Å². The summed E-state index contributed by atoms with van der Waals surface area (Å²) in [5.41, 5.74) is 5.52. The third-order valence-corrected chi connectivity index (χ3v) is 4.57. The number of nitriles is 2. The van der Waals surface area contributed by atoms with Gasteiger partial charge in [0.2, 0.25) is 0 Å². The van der Waals surface area contributed by atoms with Crippen LogP contribution in [0.25, 0.3) is 0 Å². The van der Waals surface area contributed by atoms with Crippen molar-refractivity contribution >= 4 is 11.4 Å². The molecule has 4 rings (SSSR count). The van der Waals surface area contributed by atoms with E-state index in [1.165, 1.54) is 24.3 Å². The summed E-state index contributed by atoms with van der Waals surface area (Å²) in [6.45, 7) is 0. The van der Waals surface area contributed by atoms with Gasteiger partial charge in [-0.25, -0.2) is 17.6 Å². The fourth-order valence-electron chi connectivity index (χ4n) is 2.97. The molecule has 0 amide bonds. The molecule has 0 spiro atoms. The number of hydrogen-bond acceptors (Lipinski definition) is 7. The van der Waals surface area contributed by atoms with Crippen LogP contribution in [0.15, 0.2) is 72.8 Å². The number of hydrogen-bond donors (Lipinski definition) is 1. The number of nitro groups is 1. The Bertz CT molecular complexity index is 1560. The van der Waals surface area contributed by atoms with E-state index in [1.54, 1.807) is 6.07 Å². The molecule has 0 heterocycles. The van der Waals surface area contributed by atoms with Crippen LogP contribution in [0.4, 0.5) is 28.9 Å². The monoisotopic (exact) mass is 522 g/mol. The molecule has 190 valence electrons. The van der Waals surface area contributed by atoms with Crippen molar-refractivity contribution < 1.29 is 32.0 Å². The first-order chi connectivity index (χ1) is 18.1. The fraction of sp³-hybridized carbons (Fsp3) is 0. The largest absolute Gasteiger partial charge is 0.457 e. The molecule has 0 atom stereocenters. The lowest BCUT2D eigenvalue weighted by molar-refractivity contribution is -0.385. The Morgan fingerprint density at radius 2 is 1.08 bits per heavy atom. The van der Waals surface area contributed by atoms with Crippen LogP contribution in [0.5, 0.6) is 23.0 Å². The van der Waals surface area contributed by atoms with E-state index >= 15 is 0 Å². The van der Waals surface area contributed by atoms with E-state index in [0.717, 1.165) is 42.5 Å². The molecule has 4 aromatic rings. The summed E-state index contributed by atoms with van der Waals surface area (Å²) in [5.74, 6) is -2.85. The molecular weight excluding hydrogens is 508 g/mol. The van der Waals surface area contributed by atoms with Gasteiger partial charge in [-0.15, -0.1) is 0 Å². The van der Waals surface area contributed by atoms with Crippen molar-refractivity contribution in [1.29, 1.82) is 10.5 Å². The molecule has 4 aromatic carbocycles. The minimum atomic E-state index is -0.817. The Labute approximate surface area is 212 Å². The maximum atomic E-state index is 13.0. The van der Waals surface area contributed by atoms with Crippen LogP contribution >= 0.6 is 0 Å². The molecule has 0 saturated heterocycles. The van der Waals surface area contributed by atoms with Gasteiger partial charge < -0.3 is 15.2 Å². The van der Waals surface area contributed by atoms with Gasteiger partial charge >= 0.3 is 0 Å². The third kappa shape index (κ3) is 7.19. The second kappa shape index (κ2) is 11.9. The second-order valence-corrected chi connectivity index (χ2v) is 7.32. The number of nitro benzene ring substituents is 1. The summed E-state index contributed by atoms with van der Waals surface area (Å²) in [6, 6.07) is 16.8. The molecule has 0 aliphatic carbocycles. The summed E-state index contributed by atoms with van der Waals surface area (Å²) >= 11 is 0. The highest BCUT2D eigenvalue weighted by Crippen LogP contribution is 2.28. The van der Waals surface area contributed by atoms with E-state index in [-0.39, 0.29) is 39.8 Å². The molecule has 12 heteroatoms. The third-order valence-electron chi connectivity index (χ3n) is 4.57. The van der Waals surface area contributed by atoms with E-state index in [4.69, 9.17) is 25.7 Å². The molecule has 0 aliphatic heterocycles. The van der Waals surface area contributed by atoms with E-state index in [9.17, 15) is 27.7 Å². The first-order valence-electron chi connectivity index (χ1n) is 10.3. The lowest BCUT2D eigenvalue weighted by Gasteiger charge is -2.07. The van der Waals surface area contributed by atoms with Crippen LogP contribution < -0.4 is 15.2 Å². The molecule has 0 aromatic heterocycles. The van der Waals surface area contributed by atoms with Gasteiger partial charge in [0.25, 0.3) is 5.69 Å². The Balaban J connectivity index is 0.000000212. The maximum Gasteiger partial charge on any atom is 0.287 e. The number of rotatable bonds is 5. The topological polar surface area (TPSA) is 135 Å². The van der Waals surface area contributed by atoms with Gasteiger partial charge in [0.1, 0.15) is 64.0 Å². The van der Waals surface area contributed by atoms with Crippen molar-refractivity contribution in [3.63, 3.8) is 0 Å². The quantitative estimate of drug-likeness (QED) is 0.133. The Morgan fingerprint density at radius 1 is 0.658 bits per heavy atom. The number of nitrogens with two attached hydrogens (primary N) is 1. The summed E-state index contributed by atoms with van der Waals surface area (Å²) < 4.78 is 62.3. The molecule has 0 saturated carbocycles. The minimum Gasteiger partial charge on any atom is -0.457 e. The van der Waals surface area contributed by atoms with Crippen molar-refractivity contribution in [3.8, 4) is 35.1 Å². The van der Waals surface area contributed by atoms with Crippen LogP contribution in [0.3, 0.4) is 0 Å². The highest BCUT2D eigenvalue weighted by atomic mass is 19.1. The van der Waals surface area contributed by atoms with Gasteiger partial charge in [-0.2, -0.15) is 10.5 Å². The molecule has 0 fully saturated rings. The summed E-state index contributed by atoms with van der Waals surface area (Å²) in [5, 5.41) is 28.3. The first-order valence-corrected chi connectivity index (χ1v) is 10.3. The summed E-state index contributed by atoms with van der Waals surface area (Å²) in [4.78, 5) is 9.95. The van der Waals surface area contributed by atoms with E-state index in [1.807, 2.05) is 6.07 Å². The Kier molecular flexibility index (Phi) is 8.43. The number of nitrogen functional groups attached to an aromatic ring is 1. The highest BCUT2D eigenvalue weighted by molar-refractivity contribution is 5.57. The molecule has 8 nitrogen and oxygen atoms in total. The molecule has 0 unspecified atom stereocenters. The number of nitrogens with zero attached hydrogens (tertiary/aromatic N) is 3. The predicted molar refractivity (Wildman–Crippen MR) is 126 cm³/mol. The lowest BCUT2D eigenvalue weighted by atomic mass is 10.2. The molecule has 2 N–H and O–H groups in total. The summed E-state index contributed by atoms with van der Waals surface area (Å²) in [7, 11) is 0. The Hall–Kier alpha value is -5.62. The van der Waals surface area contributed by atoms with Crippen molar-refractivity contribution in [2.75, 3.05) is 5.73 Å². The van der Waals surface area contributed by atoms with Crippen LogP contribution in [0.2, 0.25) is 0 Å². The normalized spacial score (nSPS) is 9.84. The molecule has 38 heavy (non-hydrogen) atoms. The van der Waals surface area contributed by atoms with Gasteiger partial charge in [-0.05, 0) is 18.2 Å². The molecular formula is C26H14F4N4O4. The number of halogens is 4. The number of benzene rings is 4. The van der Waals surface area contributed by atoms with Crippen LogP contribution in [-0.4, -0.2) is 4.92 Å². The Morgan fingerprint density at radius 3 is 1.50 bits per heavy atom. The lowest BCUT2D eigenvalue weighted by Crippen LogP contribution is -1.93. The zero-order chi connectivity index (χ0) is 27.8. The average Bonchev–Trinajstić information content (AvgIpc) is 2.84. The van der Waals surface area contributed by atoms with Crippen molar-refractivity contribution in [2.24, 2.45) is 0 Å². The van der Waals surface area contributed by atoms with Crippen molar-refractivity contribution in [3.05, 3.63) is 117 Å². The van der Waals surface area contributed by atoms with Gasteiger partial charge in [0.15, 0.2) is 0 Å². The van der Waals surface area contributed by atoms with E-state index < -0.39 is 28.2 Å². The standard InChI is InChI=1S/C13H6F2N2O3.C13H8F2N2O/c14-9-4-10(15)6-12(5-9)20-11-1-2-13(17(18)19)8(3-11)7-16;14-9-4-10(15)6-12(5-9)18-11-1-2-13(17)8(3-11)7-16/h1-6H;1-6H,17H2. The van der Waals surface area contributed by atoms with Gasteiger partial charge in [0, 0.05) is 60.3 Å². The zero-order valence-corrected chi connectivity index (χ0v) is 19.0.